The molecule has 0 unspecified atom stereocenters. The summed E-state index contributed by atoms with van der Waals surface area (Å²) in [6.07, 6.45) is 4.83. The number of nitrogens with zero attached hydrogens (tertiary/aromatic N) is 2. The number of fused-ring (bicyclic) bond motifs is 1. The van der Waals surface area contributed by atoms with Crippen molar-refractivity contribution >= 4 is 23.2 Å². The Balaban J connectivity index is 1.64. The summed E-state index contributed by atoms with van der Waals surface area (Å²) >= 11 is 6.33. The minimum atomic E-state index is -0.731. The molecule has 132 valence electrons. The molecule has 3 heterocycles. The molecule has 0 radical (unpaired) electrons. The Morgan fingerprint density at radius 2 is 1.96 bits per heavy atom. The number of rotatable bonds is 3. The molecule has 2 aromatic rings. The average Bonchev–Trinajstić information content (AvgIpc) is 3.18. The largest absolute Gasteiger partial charge is 0.486 e. The van der Waals surface area contributed by atoms with Gasteiger partial charge in [0.25, 0.3) is 5.91 Å². The average molecular weight is 363 g/mol. The quantitative estimate of drug-likeness (QED) is 0.873. The number of carbonyl (C=O) groups is 1. The molecule has 0 atom stereocenters. The third kappa shape index (κ3) is 2.94. The van der Waals surface area contributed by atoms with Crippen molar-refractivity contribution in [2.75, 3.05) is 31.6 Å². The number of nitrogens with one attached hydrogen (secondary N) is 2. The summed E-state index contributed by atoms with van der Waals surface area (Å²) in [5, 5.41) is 11.0. The fraction of sp³-hybridized carbons (Fsp3) is 0.412. The summed E-state index contributed by atoms with van der Waals surface area (Å²) in [6, 6.07) is 5.22. The maximum atomic E-state index is 13.2. The van der Waals surface area contributed by atoms with Gasteiger partial charge < -0.3 is 20.1 Å². The Morgan fingerprint density at radius 1 is 1.24 bits per heavy atom. The van der Waals surface area contributed by atoms with Crippen LogP contribution in [-0.2, 0) is 10.3 Å². The minimum Gasteiger partial charge on any atom is -0.486 e. The molecule has 0 spiro atoms. The van der Waals surface area contributed by atoms with Gasteiger partial charge in [-0.2, -0.15) is 5.10 Å². The van der Waals surface area contributed by atoms with Crippen LogP contribution in [0.1, 0.15) is 12.8 Å². The molecule has 1 aromatic carbocycles. The number of anilines is 1. The Bertz CT molecular complexity index is 772. The number of halogens is 1. The van der Waals surface area contributed by atoms with E-state index >= 15 is 0 Å². The highest BCUT2D eigenvalue weighted by atomic mass is 35.5. The van der Waals surface area contributed by atoms with Gasteiger partial charge >= 0.3 is 0 Å². The highest BCUT2D eigenvalue weighted by Gasteiger charge is 2.42. The lowest BCUT2D eigenvalue weighted by molar-refractivity contribution is -0.126. The van der Waals surface area contributed by atoms with Crippen molar-refractivity contribution in [3.8, 4) is 11.5 Å². The summed E-state index contributed by atoms with van der Waals surface area (Å²) in [5.41, 5.74) is -0.216. The van der Waals surface area contributed by atoms with Crippen molar-refractivity contribution in [1.82, 2.24) is 15.1 Å². The van der Waals surface area contributed by atoms with Crippen molar-refractivity contribution in [1.29, 1.82) is 0 Å². The smallest absolute Gasteiger partial charge is 0.252 e. The monoisotopic (exact) mass is 362 g/mol. The van der Waals surface area contributed by atoms with Gasteiger partial charge in [-0.05, 0) is 32.0 Å². The van der Waals surface area contributed by atoms with Gasteiger partial charge in [-0.25, -0.2) is 0 Å². The fourth-order valence-corrected chi connectivity index (χ4v) is 3.52. The molecule has 8 heteroatoms. The topological polar surface area (TPSA) is 77.4 Å². The summed E-state index contributed by atoms with van der Waals surface area (Å²) in [5.74, 6) is 1.05. The van der Waals surface area contributed by atoms with Crippen LogP contribution in [0.3, 0.4) is 0 Å². The number of amides is 1. The van der Waals surface area contributed by atoms with E-state index in [1.165, 1.54) is 0 Å². The predicted molar refractivity (Wildman–Crippen MR) is 93.4 cm³/mol. The maximum absolute atomic E-state index is 13.2. The van der Waals surface area contributed by atoms with Crippen LogP contribution in [-0.4, -0.2) is 42.0 Å². The lowest BCUT2D eigenvalue weighted by Crippen LogP contribution is -2.52. The molecule has 25 heavy (non-hydrogen) atoms. The number of ether oxygens (including phenoxy) is 2. The molecule has 4 rings (SSSR count). The zero-order chi connectivity index (χ0) is 17.3. The second-order valence-electron chi connectivity index (χ2n) is 6.16. The lowest BCUT2D eigenvalue weighted by atomic mass is 9.87. The molecule has 2 aliphatic heterocycles. The van der Waals surface area contributed by atoms with Crippen molar-refractivity contribution in [3.63, 3.8) is 0 Å². The second-order valence-corrected chi connectivity index (χ2v) is 6.57. The Hall–Kier alpha value is -2.25. The molecule has 1 saturated heterocycles. The van der Waals surface area contributed by atoms with E-state index in [2.05, 4.69) is 15.7 Å². The molecular formula is C17H19ClN4O3. The fourth-order valence-electron chi connectivity index (χ4n) is 3.32. The van der Waals surface area contributed by atoms with Crippen LogP contribution < -0.4 is 20.1 Å². The molecular weight excluding hydrogens is 344 g/mol. The Kier molecular flexibility index (Phi) is 4.27. The number of carbonyl (C=O) groups excluding carboxylic acids is 1. The number of hydrogen-bond acceptors (Lipinski definition) is 5. The second kappa shape index (κ2) is 6.57. The van der Waals surface area contributed by atoms with E-state index in [1.54, 1.807) is 23.0 Å². The molecule has 1 amide bonds. The van der Waals surface area contributed by atoms with Crippen molar-refractivity contribution in [2.45, 2.75) is 18.4 Å². The number of hydrogen-bond donors (Lipinski definition) is 2. The van der Waals surface area contributed by atoms with E-state index in [0.717, 1.165) is 13.1 Å². The van der Waals surface area contributed by atoms with Crippen LogP contribution in [0, 0.1) is 0 Å². The van der Waals surface area contributed by atoms with E-state index < -0.39 is 5.54 Å². The van der Waals surface area contributed by atoms with Crippen LogP contribution in [0.15, 0.2) is 30.6 Å². The SMILES string of the molecule is O=C(Nc1cc2c(cc1Cl)OCCO2)C1(n2cccn2)CCNCC1. The Labute approximate surface area is 150 Å². The molecule has 2 N–H and O–H groups in total. The first-order valence-corrected chi connectivity index (χ1v) is 8.68. The normalized spacial score (nSPS) is 18.6. The third-order valence-electron chi connectivity index (χ3n) is 4.68. The molecule has 0 bridgehead atoms. The van der Waals surface area contributed by atoms with Gasteiger partial charge in [0.15, 0.2) is 11.5 Å². The van der Waals surface area contributed by atoms with Crippen LogP contribution in [0.2, 0.25) is 5.02 Å². The van der Waals surface area contributed by atoms with Gasteiger partial charge in [-0.1, -0.05) is 11.6 Å². The number of benzene rings is 1. The van der Waals surface area contributed by atoms with E-state index in [9.17, 15) is 4.79 Å². The zero-order valence-electron chi connectivity index (χ0n) is 13.6. The van der Waals surface area contributed by atoms with E-state index in [0.29, 0.717) is 48.3 Å². The number of piperidine rings is 1. The molecule has 1 aromatic heterocycles. The maximum Gasteiger partial charge on any atom is 0.252 e. The van der Waals surface area contributed by atoms with Crippen LogP contribution in [0.4, 0.5) is 5.69 Å². The standard InChI is InChI=1S/C17H19ClN4O3/c18-12-10-14-15(25-9-8-24-14)11-13(12)21-16(23)17(2-5-19-6-3-17)22-7-1-4-20-22/h1,4,7,10-11,19H,2-3,5-6,8-9H2,(H,21,23). The van der Waals surface area contributed by atoms with Gasteiger partial charge in [0.1, 0.15) is 18.8 Å². The predicted octanol–water partition coefficient (Wildman–Crippen LogP) is 2.03. The lowest BCUT2D eigenvalue weighted by Gasteiger charge is -2.36. The van der Waals surface area contributed by atoms with Gasteiger partial charge in [0, 0.05) is 24.5 Å². The van der Waals surface area contributed by atoms with Crippen molar-refractivity contribution < 1.29 is 14.3 Å². The van der Waals surface area contributed by atoms with Crippen molar-refractivity contribution in [3.05, 3.63) is 35.6 Å². The molecule has 0 saturated carbocycles. The van der Waals surface area contributed by atoms with Gasteiger partial charge in [0.2, 0.25) is 0 Å². The van der Waals surface area contributed by atoms with E-state index in [-0.39, 0.29) is 5.91 Å². The van der Waals surface area contributed by atoms with Crippen LogP contribution in [0.5, 0.6) is 11.5 Å². The number of aromatic nitrogens is 2. The van der Waals surface area contributed by atoms with Gasteiger partial charge in [-0.15, -0.1) is 0 Å². The molecule has 7 nitrogen and oxygen atoms in total. The summed E-state index contributed by atoms with van der Waals surface area (Å²) in [6.45, 7) is 2.47. The Morgan fingerprint density at radius 3 is 2.64 bits per heavy atom. The summed E-state index contributed by atoms with van der Waals surface area (Å²) in [4.78, 5) is 13.2. The minimum absolute atomic E-state index is 0.128. The molecule has 0 aliphatic carbocycles. The summed E-state index contributed by atoms with van der Waals surface area (Å²) < 4.78 is 12.8. The van der Waals surface area contributed by atoms with E-state index in [1.807, 2.05) is 12.3 Å². The first-order chi connectivity index (χ1) is 12.2. The van der Waals surface area contributed by atoms with Crippen molar-refractivity contribution in [2.24, 2.45) is 0 Å². The van der Waals surface area contributed by atoms with Gasteiger partial charge in [-0.3, -0.25) is 9.48 Å². The summed E-state index contributed by atoms with van der Waals surface area (Å²) in [7, 11) is 0. The van der Waals surface area contributed by atoms with E-state index in [4.69, 9.17) is 21.1 Å². The zero-order valence-corrected chi connectivity index (χ0v) is 14.4. The highest BCUT2D eigenvalue weighted by molar-refractivity contribution is 6.34. The molecule has 2 aliphatic rings. The van der Waals surface area contributed by atoms with Crippen LogP contribution in [0.25, 0.3) is 0 Å². The van der Waals surface area contributed by atoms with Gasteiger partial charge in [0.05, 0.1) is 10.7 Å². The van der Waals surface area contributed by atoms with Crippen LogP contribution >= 0.6 is 11.6 Å². The molecule has 1 fully saturated rings. The highest BCUT2D eigenvalue weighted by Crippen LogP contribution is 2.39. The first kappa shape index (κ1) is 16.2. The first-order valence-electron chi connectivity index (χ1n) is 8.30. The third-order valence-corrected chi connectivity index (χ3v) is 4.99.